The SMILES string of the molecule is N#Cc1cccc(NC(=O)CSc2ccccc2C(=O)OCc2cccc(OCC(N)=O)c2)c1. The molecule has 0 unspecified atom stereocenters. The maximum Gasteiger partial charge on any atom is 0.339 e. The summed E-state index contributed by atoms with van der Waals surface area (Å²) in [5.74, 6) is -0.880. The molecule has 8 nitrogen and oxygen atoms in total. The van der Waals surface area contributed by atoms with Crippen LogP contribution in [-0.2, 0) is 20.9 Å². The van der Waals surface area contributed by atoms with Crippen LogP contribution in [0.5, 0.6) is 5.75 Å². The van der Waals surface area contributed by atoms with Gasteiger partial charge in [0.25, 0.3) is 5.91 Å². The minimum Gasteiger partial charge on any atom is -0.484 e. The van der Waals surface area contributed by atoms with Crippen LogP contribution in [0.4, 0.5) is 5.69 Å². The van der Waals surface area contributed by atoms with E-state index in [1.54, 1.807) is 72.8 Å². The highest BCUT2D eigenvalue weighted by molar-refractivity contribution is 8.00. The molecule has 3 aromatic rings. The number of anilines is 1. The van der Waals surface area contributed by atoms with E-state index >= 15 is 0 Å². The summed E-state index contributed by atoms with van der Waals surface area (Å²) < 4.78 is 10.7. The standard InChI is InChI=1S/C25H21N3O5S/c26-13-17-5-3-7-19(11-17)28-24(30)16-34-22-10-2-1-9-21(22)25(31)33-14-18-6-4-8-20(12-18)32-15-23(27)29/h1-12H,14-16H2,(H2,27,29)(H,28,30). The minimum atomic E-state index is -0.588. The van der Waals surface area contributed by atoms with Gasteiger partial charge in [0.2, 0.25) is 5.91 Å². The quantitative estimate of drug-likeness (QED) is 0.339. The van der Waals surface area contributed by atoms with Crippen LogP contribution in [0.1, 0.15) is 21.5 Å². The number of carbonyl (C=O) groups is 3. The van der Waals surface area contributed by atoms with Gasteiger partial charge in [0, 0.05) is 10.6 Å². The minimum absolute atomic E-state index is 0.00131. The smallest absolute Gasteiger partial charge is 0.339 e. The van der Waals surface area contributed by atoms with Crippen molar-refractivity contribution in [1.29, 1.82) is 5.26 Å². The van der Waals surface area contributed by atoms with Crippen molar-refractivity contribution in [2.45, 2.75) is 11.5 Å². The highest BCUT2D eigenvalue weighted by Gasteiger charge is 2.15. The van der Waals surface area contributed by atoms with E-state index in [0.29, 0.717) is 33.0 Å². The monoisotopic (exact) mass is 475 g/mol. The number of nitrogens with two attached hydrogens (primary N) is 1. The van der Waals surface area contributed by atoms with Gasteiger partial charge in [0.15, 0.2) is 6.61 Å². The first-order chi connectivity index (χ1) is 16.4. The van der Waals surface area contributed by atoms with Gasteiger partial charge in [-0.25, -0.2) is 4.79 Å². The molecule has 2 amide bonds. The van der Waals surface area contributed by atoms with Crippen LogP contribution in [0.25, 0.3) is 0 Å². The second-order valence-corrected chi connectivity index (χ2v) is 8.02. The van der Waals surface area contributed by atoms with Gasteiger partial charge in [-0.05, 0) is 48.0 Å². The topological polar surface area (TPSA) is 132 Å². The van der Waals surface area contributed by atoms with E-state index in [1.165, 1.54) is 11.8 Å². The summed E-state index contributed by atoms with van der Waals surface area (Å²) in [6, 6.07) is 22.3. The van der Waals surface area contributed by atoms with E-state index in [-0.39, 0.29) is 24.9 Å². The van der Waals surface area contributed by atoms with Gasteiger partial charge in [-0.15, -0.1) is 11.8 Å². The number of nitriles is 1. The number of thioether (sulfide) groups is 1. The van der Waals surface area contributed by atoms with Gasteiger partial charge < -0.3 is 20.5 Å². The number of nitrogens with zero attached hydrogens (tertiary/aromatic N) is 1. The number of ether oxygens (including phenoxy) is 2. The summed E-state index contributed by atoms with van der Waals surface area (Å²) in [6.45, 7) is -0.244. The zero-order chi connectivity index (χ0) is 24.3. The normalized spacial score (nSPS) is 10.1. The number of carbonyl (C=O) groups excluding carboxylic acids is 3. The summed E-state index contributed by atoms with van der Waals surface area (Å²) in [5, 5.41) is 11.7. The number of nitrogens with one attached hydrogen (secondary N) is 1. The lowest BCUT2D eigenvalue weighted by Gasteiger charge is -2.11. The second-order valence-electron chi connectivity index (χ2n) is 7.00. The van der Waals surface area contributed by atoms with Gasteiger partial charge in [-0.3, -0.25) is 9.59 Å². The third-order valence-corrected chi connectivity index (χ3v) is 5.46. The summed E-state index contributed by atoms with van der Waals surface area (Å²) in [7, 11) is 0. The molecule has 0 atom stereocenters. The molecular formula is C25H21N3O5S. The Labute approximate surface area is 200 Å². The Morgan fingerprint density at radius 1 is 1.00 bits per heavy atom. The number of benzene rings is 3. The van der Waals surface area contributed by atoms with Crippen molar-refractivity contribution in [3.63, 3.8) is 0 Å². The Kier molecular flexibility index (Phi) is 8.66. The van der Waals surface area contributed by atoms with Gasteiger partial charge >= 0.3 is 5.97 Å². The first-order valence-electron chi connectivity index (χ1n) is 10.1. The maximum atomic E-state index is 12.7. The fourth-order valence-electron chi connectivity index (χ4n) is 2.87. The summed E-state index contributed by atoms with van der Waals surface area (Å²) >= 11 is 1.20. The lowest BCUT2D eigenvalue weighted by Crippen LogP contribution is -2.20. The Bertz CT molecular complexity index is 1240. The van der Waals surface area contributed by atoms with Crippen LogP contribution in [-0.4, -0.2) is 30.1 Å². The number of amides is 2. The van der Waals surface area contributed by atoms with Crippen LogP contribution in [0.2, 0.25) is 0 Å². The molecule has 0 aliphatic carbocycles. The fraction of sp³-hybridized carbons (Fsp3) is 0.120. The predicted octanol–water partition coefficient (Wildman–Crippen LogP) is 3.51. The Balaban J connectivity index is 1.57. The first kappa shape index (κ1) is 24.4. The molecule has 3 N–H and O–H groups in total. The molecule has 0 heterocycles. The molecule has 0 saturated heterocycles. The zero-order valence-electron chi connectivity index (χ0n) is 18.0. The highest BCUT2D eigenvalue weighted by atomic mass is 32.2. The van der Waals surface area contributed by atoms with Gasteiger partial charge in [0.1, 0.15) is 12.4 Å². The molecule has 0 radical (unpaired) electrons. The van der Waals surface area contributed by atoms with Crippen LogP contribution in [0.3, 0.4) is 0 Å². The number of hydrogen-bond acceptors (Lipinski definition) is 7. The Hall–Kier alpha value is -4.29. The molecule has 0 aromatic heterocycles. The zero-order valence-corrected chi connectivity index (χ0v) is 18.8. The lowest BCUT2D eigenvalue weighted by molar-refractivity contribution is -0.120. The van der Waals surface area contributed by atoms with Crippen molar-refractivity contribution < 1.29 is 23.9 Å². The largest absolute Gasteiger partial charge is 0.484 e. The van der Waals surface area contributed by atoms with Crippen molar-refractivity contribution in [3.8, 4) is 11.8 Å². The number of esters is 1. The van der Waals surface area contributed by atoms with E-state index in [0.717, 1.165) is 0 Å². The van der Waals surface area contributed by atoms with E-state index in [1.807, 2.05) is 6.07 Å². The van der Waals surface area contributed by atoms with Crippen molar-refractivity contribution in [1.82, 2.24) is 0 Å². The number of rotatable bonds is 10. The Morgan fingerprint density at radius 3 is 2.59 bits per heavy atom. The lowest BCUT2D eigenvalue weighted by atomic mass is 10.2. The molecule has 0 bridgehead atoms. The van der Waals surface area contributed by atoms with Crippen molar-refractivity contribution in [2.75, 3.05) is 17.7 Å². The molecule has 0 aliphatic rings. The number of primary amides is 1. The molecule has 3 rings (SSSR count). The molecule has 0 fully saturated rings. The molecule has 0 saturated carbocycles. The highest BCUT2D eigenvalue weighted by Crippen LogP contribution is 2.24. The van der Waals surface area contributed by atoms with Gasteiger partial charge in [-0.2, -0.15) is 5.26 Å². The van der Waals surface area contributed by atoms with Gasteiger partial charge in [-0.1, -0.05) is 30.3 Å². The third kappa shape index (κ3) is 7.39. The van der Waals surface area contributed by atoms with E-state index in [9.17, 15) is 14.4 Å². The summed E-state index contributed by atoms with van der Waals surface area (Å²) in [5.41, 5.74) is 7.07. The molecular weight excluding hydrogens is 454 g/mol. The molecule has 172 valence electrons. The van der Waals surface area contributed by atoms with Crippen molar-refractivity contribution in [2.24, 2.45) is 5.73 Å². The average molecular weight is 476 g/mol. The van der Waals surface area contributed by atoms with Crippen LogP contribution in [0.15, 0.2) is 77.7 Å². The van der Waals surface area contributed by atoms with Crippen LogP contribution < -0.4 is 15.8 Å². The second kappa shape index (κ2) is 12.1. The molecule has 9 heteroatoms. The molecule has 0 spiro atoms. The predicted molar refractivity (Wildman–Crippen MR) is 127 cm³/mol. The van der Waals surface area contributed by atoms with E-state index < -0.39 is 11.9 Å². The molecule has 3 aromatic carbocycles. The first-order valence-corrected chi connectivity index (χ1v) is 11.1. The van der Waals surface area contributed by atoms with E-state index in [4.69, 9.17) is 20.5 Å². The summed E-state index contributed by atoms with van der Waals surface area (Å²) in [6.07, 6.45) is 0. The van der Waals surface area contributed by atoms with Crippen molar-refractivity contribution in [3.05, 3.63) is 89.5 Å². The van der Waals surface area contributed by atoms with Crippen molar-refractivity contribution >= 4 is 35.2 Å². The van der Waals surface area contributed by atoms with Crippen LogP contribution in [0, 0.1) is 11.3 Å². The Morgan fingerprint density at radius 2 is 1.79 bits per heavy atom. The summed E-state index contributed by atoms with van der Waals surface area (Å²) in [4.78, 5) is 36.5. The molecule has 34 heavy (non-hydrogen) atoms. The average Bonchev–Trinajstić information content (AvgIpc) is 2.85. The van der Waals surface area contributed by atoms with Crippen LogP contribution >= 0.6 is 11.8 Å². The maximum absolute atomic E-state index is 12.7. The third-order valence-electron chi connectivity index (χ3n) is 4.39. The van der Waals surface area contributed by atoms with Gasteiger partial charge in [0.05, 0.1) is 22.9 Å². The molecule has 0 aliphatic heterocycles. The fourth-order valence-corrected chi connectivity index (χ4v) is 3.71. The van der Waals surface area contributed by atoms with E-state index in [2.05, 4.69) is 5.32 Å². The number of hydrogen-bond donors (Lipinski definition) is 2.